The predicted octanol–water partition coefficient (Wildman–Crippen LogP) is 17.6. The van der Waals surface area contributed by atoms with Crippen LogP contribution < -0.4 is 4.90 Å². The van der Waals surface area contributed by atoms with E-state index in [0.717, 1.165) is 17.1 Å². The minimum atomic E-state index is -0.462. The highest BCUT2D eigenvalue weighted by Crippen LogP contribution is 2.56. The minimum absolute atomic E-state index is 0.462. The van der Waals surface area contributed by atoms with Crippen molar-refractivity contribution in [1.29, 1.82) is 0 Å². The first-order chi connectivity index (χ1) is 34.2. The minimum Gasteiger partial charge on any atom is -0.311 e. The molecular weight excluding hydrogens is 833 g/mol. The highest BCUT2D eigenvalue weighted by Gasteiger charge is 2.45. The van der Waals surface area contributed by atoms with E-state index in [1.54, 1.807) is 0 Å². The van der Waals surface area contributed by atoms with Crippen LogP contribution in [0.5, 0.6) is 0 Å². The summed E-state index contributed by atoms with van der Waals surface area (Å²) in [6, 6.07) is 98.5. The van der Waals surface area contributed by atoms with Gasteiger partial charge in [-0.2, -0.15) is 0 Å². The lowest BCUT2D eigenvalue weighted by Gasteiger charge is -2.34. The molecule has 0 bridgehead atoms. The Morgan fingerprint density at radius 3 is 1.38 bits per heavy atom. The quantitative estimate of drug-likeness (QED) is 0.155. The van der Waals surface area contributed by atoms with Gasteiger partial charge in [0, 0.05) is 39.0 Å². The molecular formula is C67H44N2. The van der Waals surface area contributed by atoms with Gasteiger partial charge in [-0.1, -0.05) is 212 Å². The van der Waals surface area contributed by atoms with Gasteiger partial charge in [-0.25, -0.2) is 0 Å². The van der Waals surface area contributed by atoms with E-state index in [1.165, 1.54) is 105 Å². The van der Waals surface area contributed by atoms with E-state index in [1.807, 2.05) is 0 Å². The van der Waals surface area contributed by atoms with Gasteiger partial charge in [0.15, 0.2) is 0 Å². The van der Waals surface area contributed by atoms with E-state index >= 15 is 0 Å². The predicted molar refractivity (Wildman–Crippen MR) is 288 cm³/mol. The summed E-state index contributed by atoms with van der Waals surface area (Å²) < 4.78 is 2.49. The van der Waals surface area contributed by atoms with Crippen LogP contribution in [0, 0.1) is 0 Å². The van der Waals surface area contributed by atoms with Crippen LogP contribution in [0.1, 0.15) is 22.3 Å². The maximum absolute atomic E-state index is 2.49. The zero-order valence-corrected chi connectivity index (χ0v) is 37.8. The Bertz CT molecular complexity index is 3870. The second-order valence-electron chi connectivity index (χ2n) is 18.4. The molecule has 1 aromatic heterocycles. The van der Waals surface area contributed by atoms with Crippen molar-refractivity contribution in [3.8, 4) is 61.3 Å². The van der Waals surface area contributed by atoms with Crippen molar-refractivity contribution >= 4 is 38.9 Å². The van der Waals surface area contributed by atoms with Crippen molar-refractivity contribution < 1.29 is 0 Å². The van der Waals surface area contributed by atoms with E-state index in [-0.39, 0.29) is 0 Å². The number of nitrogens with zero attached hydrogens (tertiary/aromatic N) is 2. The fraction of sp³-hybridized carbons (Fsp3) is 0.0149. The zero-order valence-electron chi connectivity index (χ0n) is 37.8. The smallest absolute Gasteiger partial charge is 0.0713 e. The van der Waals surface area contributed by atoms with Crippen LogP contribution in [0.25, 0.3) is 83.1 Å². The van der Waals surface area contributed by atoms with Crippen LogP contribution in [0.3, 0.4) is 0 Å². The van der Waals surface area contributed by atoms with E-state index in [4.69, 9.17) is 0 Å². The number of hydrogen-bond donors (Lipinski definition) is 0. The number of para-hydroxylation sites is 2. The SMILES string of the molecule is c1ccc(-c2ccc(N(c3ccc(-c4ccc5c(c4)c4cccc6c4n5-c4ccccc4-c4ccccc4-6)cc3)c3ccc(C4(c5ccccc5)c5ccccc5-c5ccccc54)cc3)cc2)cc1. The fourth-order valence-corrected chi connectivity index (χ4v) is 11.8. The van der Waals surface area contributed by atoms with Gasteiger partial charge >= 0.3 is 0 Å². The van der Waals surface area contributed by atoms with Crippen LogP contribution in [-0.2, 0) is 5.41 Å². The second-order valence-corrected chi connectivity index (χ2v) is 18.4. The lowest BCUT2D eigenvalue weighted by atomic mass is 9.68. The topological polar surface area (TPSA) is 8.17 Å². The number of anilines is 3. The van der Waals surface area contributed by atoms with Crippen LogP contribution >= 0.6 is 0 Å². The first kappa shape index (κ1) is 39.2. The van der Waals surface area contributed by atoms with Gasteiger partial charge in [-0.05, 0) is 121 Å². The van der Waals surface area contributed by atoms with Gasteiger partial charge in [-0.15, -0.1) is 0 Å². The van der Waals surface area contributed by atoms with Crippen molar-refractivity contribution in [2.24, 2.45) is 0 Å². The summed E-state index contributed by atoms with van der Waals surface area (Å²) in [5.74, 6) is 0. The third-order valence-electron chi connectivity index (χ3n) is 14.8. The third-order valence-corrected chi connectivity index (χ3v) is 14.8. The lowest BCUT2D eigenvalue weighted by molar-refractivity contribution is 0.768. The summed E-state index contributed by atoms with van der Waals surface area (Å²) in [7, 11) is 0. The number of rotatable bonds is 7. The molecule has 0 radical (unpaired) electrons. The zero-order chi connectivity index (χ0) is 45.5. The van der Waals surface area contributed by atoms with Crippen molar-refractivity contribution in [3.05, 3.63) is 289 Å². The summed E-state index contributed by atoms with van der Waals surface area (Å²) in [4.78, 5) is 2.39. The average molecular weight is 877 g/mol. The summed E-state index contributed by atoms with van der Waals surface area (Å²) >= 11 is 0. The van der Waals surface area contributed by atoms with Gasteiger partial charge in [0.2, 0.25) is 0 Å². The van der Waals surface area contributed by atoms with Gasteiger partial charge in [0.1, 0.15) is 0 Å². The molecule has 2 aliphatic rings. The number of fused-ring (bicyclic) bond motifs is 11. The largest absolute Gasteiger partial charge is 0.311 e. The molecule has 14 rings (SSSR count). The molecule has 322 valence electrons. The Morgan fingerprint density at radius 2 is 0.739 bits per heavy atom. The van der Waals surface area contributed by atoms with Crippen molar-refractivity contribution in [2.75, 3.05) is 4.90 Å². The molecule has 0 atom stereocenters. The fourth-order valence-electron chi connectivity index (χ4n) is 11.8. The molecule has 11 aromatic carbocycles. The Morgan fingerprint density at radius 1 is 0.290 bits per heavy atom. The van der Waals surface area contributed by atoms with Gasteiger partial charge < -0.3 is 9.47 Å². The van der Waals surface area contributed by atoms with Crippen molar-refractivity contribution in [3.63, 3.8) is 0 Å². The Kier molecular flexibility index (Phi) is 8.84. The molecule has 2 nitrogen and oxygen atoms in total. The van der Waals surface area contributed by atoms with E-state index < -0.39 is 5.41 Å². The van der Waals surface area contributed by atoms with Crippen LogP contribution in [0.4, 0.5) is 17.1 Å². The molecule has 69 heavy (non-hydrogen) atoms. The number of hydrogen-bond acceptors (Lipinski definition) is 1. The maximum atomic E-state index is 2.49. The molecule has 2 heterocycles. The number of benzene rings is 11. The van der Waals surface area contributed by atoms with E-state index in [0.29, 0.717) is 0 Å². The Balaban J connectivity index is 0.888. The van der Waals surface area contributed by atoms with Crippen molar-refractivity contribution in [1.82, 2.24) is 4.57 Å². The third kappa shape index (κ3) is 5.92. The molecule has 0 saturated carbocycles. The molecule has 2 heteroatoms. The first-order valence-corrected chi connectivity index (χ1v) is 23.9. The summed E-state index contributed by atoms with van der Waals surface area (Å²) in [6.07, 6.45) is 0. The molecule has 0 saturated heterocycles. The standard InChI is InChI=1S/C67H44N2/c1-3-16-45(17-4-1)46-30-37-51(38-31-46)68(53-41-35-50(36-42-53)67(49-18-5-2-6-19-49)62-27-12-9-22-56(62)57-23-10-13-28-63(57)67)52-39-32-47(33-40-52)48-34-43-65-61(44-48)60-26-15-25-59-55-21-8-7-20-54(55)58-24-11-14-29-64(58)69(65)66(59)60/h1-44H. The number of aromatic nitrogens is 1. The van der Waals surface area contributed by atoms with Gasteiger partial charge in [0.05, 0.1) is 22.1 Å². The van der Waals surface area contributed by atoms with Crippen molar-refractivity contribution in [2.45, 2.75) is 5.41 Å². The molecule has 0 spiro atoms. The first-order valence-electron chi connectivity index (χ1n) is 23.9. The monoisotopic (exact) mass is 876 g/mol. The highest BCUT2D eigenvalue weighted by atomic mass is 15.1. The Hall–Kier alpha value is -8.98. The normalized spacial score (nSPS) is 12.8. The molecule has 0 N–H and O–H groups in total. The second kappa shape index (κ2) is 15.6. The molecule has 12 aromatic rings. The van der Waals surface area contributed by atoms with Gasteiger partial charge in [0.25, 0.3) is 0 Å². The summed E-state index contributed by atoms with van der Waals surface area (Å²) in [5, 5.41) is 2.52. The lowest BCUT2D eigenvalue weighted by Crippen LogP contribution is -2.28. The molecule has 0 unspecified atom stereocenters. The van der Waals surface area contributed by atoms with Crippen LogP contribution in [0.2, 0.25) is 0 Å². The van der Waals surface area contributed by atoms with Crippen LogP contribution in [-0.4, -0.2) is 4.57 Å². The summed E-state index contributed by atoms with van der Waals surface area (Å²) in [6.45, 7) is 0. The molecule has 0 fully saturated rings. The van der Waals surface area contributed by atoms with E-state index in [2.05, 4.69) is 276 Å². The average Bonchev–Trinajstić information content (AvgIpc) is 3.88. The van der Waals surface area contributed by atoms with Crippen LogP contribution in [0.15, 0.2) is 267 Å². The molecule has 1 aliphatic carbocycles. The molecule has 0 amide bonds. The summed E-state index contributed by atoms with van der Waals surface area (Å²) in [5.41, 5.74) is 24.0. The molecule has 1 aliphatic heterocycles. The Labute approximate surface area is 402 Å². The van der Waals surface area contributed by atoms with E-state index in [9.17, 15) is 0 Å². The van der Waals surface area contributed by atoms with Gasteiger partial charge in [-0.3, -0.25) is 0 Å². The maximum Gasteiger partial charge on any atom is 0.0713 e. The highest BCUT2D eigenvalue weighted by molar-refractivity contribution is 6.17.